The zero-order valence-corrected chi connectivity index (χ0v) is 11.8. The molecule has 0 bridgehead atoms. The number of rotatable bonds is 8. The second-order valence-corrected chi connectivity index (χ2v) is 4.83. The third-order valence-electron chi connectivity index (χ3n) is 2.74. The van der Waals surface area contributed by atoms with Gasteiger partial charge in [0.15, 0.2) is 0 Å². The molecule has 3 N–H and O–H groups in total. The highest BCUT2D eigenvalue weighted by atomic mass is 32.1. The summed E-state index contributed by atoms with van der Waals surface area (Å²) in [6.07, 6.45) is 4.59. The molecule has 1 aromatic rings. The molecule has 5 heteroatoms. The quantitative estimate of drug-likeness (QED) is 0.506. The minimum atomic E-state index is -0.497. The van der Waals surface area contributed by atoms with Crippen molar-refractivity contribution in [3.8, 4) is 0 Å². The molecular formula is C14H20N2O2S. The number of benzene rings is 1. The maximum absolute atomic E-state index is 11.7. The average Bonchev–Trinajstić information content (AvgIpc) is 2.38. The Hall–Kier alpha value is -1.49. The second kappa shape index (κ2) is 8.58. The van der Waals surface area contributed by atoms with Crippen LogP contribution >= 0.6 is 12.6 Å². The molecule has 4 nitrogen and oxygen atoms in total. The van der Waals surface area contributed by atoms with Crippen LogP contribution in [0.2, 0.25) is 0 Å². The number of nitrogens with one attached hydrogen (secondary N) is 1. The van der Waals surface area contributed by atoms with Crippen molar-refractivity contribution < 1.29 is 9.59 Å². The second-order valence-electron chi connectivity index (χ2n) is 4.38. The van der Waals surface area contributed by atoms with E-state index in [-0.39, 0.29) is 5.91 Å². The highest BCUT2D eigenvalue weighted by Gasteiger charge is 2.05. The molecule has 0 aliphatic carbocycles. The van der Waals surface area contributed by atoms with Gasteiger partial charge in [0, 0.05) is 17.7 Å². The number of amides is 2. The monoisotopic (exact) mass is 280 g/mol. The summed E-state index contributed by atoms with van der Waals surface area (Å²) in [5.41, 5.74) is 6.19. The normalized spacial score (nSPS) is 10.2. The molecule has 0 saturated heterocycles. The standard InChI is InChI=1S/C14H20N2O2S/c15-14(18)11-6-5-7-12(10-11)16-13(17)8-3-1-2-4-9-19/h5-7,10,19H,1-4,8-9H2,(H2,15,18)(H,16,17). The number of carbonyl (C=O) groups excluding carboxylic acids is 2. The van der Waals surface area contributed by atoms with Gasteiger partial charge < -0.3 is 11.1 Å². The van der Waals surface area contributed by atoms with Gasteiger partial charge in [0.25, 0.3) is 0 Å². The van der Waals surface area contributed by atoms with Crippen LogP contribution in [0.3, 0.4) is 0 Å². The Morgan fingerprint density at radius 1 is 1.16 bits per heavy atom. The van der Waals surface area contributed by atoms with Crippen molar-refractivity contribution in [3.05, 3.63) is 29.8 Å². The molecule has 0 saturated carbocycles. The molecule has 0 atom stereocenters. The van der Waals surface area contributed by atoms with Gasteiger partial charge in [-0.15, -0.1) is 0 Å². The van der Waals surface area contributed by atoms with Gasteiger partial charge in [-0.05, 0) is 36.8 Å². The summed E-state index contributed by atoms with van der Waals surface area (Å²) in [6.45, 7) is 0. The van der Waals surface area contributed by atoms with Crippen LogP contribution in [0.25, 0.3) is 0 Å². The van der Waals surface area contributed by atoms with Crippen molar-refractivity contribution >= 4 is 30.1 Å². The Morgan fingerprint density at radius 2 is 1.89 bits per heavy atom. The maximum Gasteiger partial charge on any atom is 0.248 e. The molecular weight excluding hydrogens is 260 g/mol. The summed E-state index contributed by atoms with van der Waals surface area (Å²) < 4.78 is 0. The van der Waals surface area contributed by atoms with Crippen molar-refractivity contribution in [2.24, 2.45) is 5.73 Å². The average molecular weight is 280 g/mol. The number of nitrogens with two attached hydrogens (primary N) is 1. The van der Waals surface area contributed by atoms with Gasteiger partial charge in [-0.3, -0.25) is 9.59 Å². The first-order chi connectivity index (χ1) is 9.13. The van der Waals surface area contributed by atoms with Crippen molar-refractivity contribution in [2.45, 2.75) is 32.1 Å². The molecule has 0 unspecified atom stereocenters. The number of carbonyl (C=O) groups is 2. The smallest absolute Gasteiger partial charge is 0.248 e. The topological polar surface area (TPSA) is 72.2 Å². The molecule has 0 aromatic heterocycles. The van der Waals surface area contributed by atoms with Gasteiger partial charge in [0.1, 0.15) is 0 Å². The molecule has 0 radical (unpaired) electrons. The molecule has 1 rings (SSSR count). The summed E-state index contributed by atoms with van der Waals surface area (Å²) in [6, 6.07) is 6.64. The van der Waals surface area contributed by atoms with Crippen LogP contribution in [0, 0.1) is 0 Å². The Kier molecular flexibility index (Phi) is 7.03. The van der Waals surface area contributed by atoms with Crippen LogP contribution in [-0.4, -0.2) is 17.6 Å². The van der Waals surface area contributed by atoms with E-state index in [0.717, 1.165) is 31.4 Å². The third-order valence-corrected chi connectivity index (χ3v) is 3.06. The summed E-state index contributed by atoms with van der Waals surface area (Å²) in [7, 11) is 0. The molecule has 0 spiro atoms. The van der Waals surface area contributed by atoms with Crippen LogP contribution in [0.1, 0.15) is 42.5 Å². The Bertz CT molecular complexity index is 435. The SMILES string of the molecule is NC(=O)c1cccc(NC(=O)CCCCCCS)c1. The fraction of sp³-hybridized carbons (Fsp3) is 0.429. The number of primary amides is 1. The summed E-state index contributed by atoms with van der Waals surface area (Å²) in [5.74, 6) is 0.363. The van der Waals surface area contributed by atoms with E-state index in [1.807, 2.05) is 0 Å². The van der Waals surface area contributed by atoms with E-state index in [2.05, 4.69) is 17.9 Å². The van der Waals surface area contributed by atoms with Crippen LogP contribution in [0.5, 0.6) is 0 Å². The first kappa shape index (κ1) is 15.6. The van der Waals surface area contributed by atoms with Crippen LogP contribution in [0.4, 0.5) is 5.69 Å². The predicted molar refractivity (Wildman–Crippen MR) is 80.5 cm³/mol. The summed E-state index contributed by atoms with van der Waals surface area (Å²) in [5, 5.41) is 2.77. The van der Waals surface area contributed by atoms with Gasteiger partial charge in [0.05, 0.1) is 0 Å². The fourth-order valence-electron chi connectivity index (χ4n) is 1.72. The Balaban J connectivity index is 2.35. The minimum Gasteiger partial charge on any atom is -0.366 e. The summed E-state index contributed by atoms with van der Waals surface area (Å²) >= 11 is 4.14. The van der Waals surface area contributed by atoms with Crippen molar-refractivity contribution in [3.63, 3.8) is 0 Å². The van der Waals surface area contributed by atoms with E-state index in [0.29, 0.717) is 17.7 Å². The molecule has 0 heterocycles. The number of unbranched alkanes of at least 4 members (excludes halogenated alkanes) is 3. The molecule has 104 valence electrons. The fourth-order valence-corrected chi connectivity index (χ4v) is 1.95. The minimum absolute atomic E-state index is 0.0347. The van der Waals surface area contributed by atoms with Gasteiger partial charge in [0.2, 0.25) is 11.8 Å². The Labute approximate surface area is 119 Å². The van der Waals surface area contributed by atoms with Gasteiger partial charge in [-0.2, -0.15) is 12.6 Å². The number of thiol groups is 1. The van der Waals surface area contributed by atoms with E-state index in [4.69, 9.17) is 5.73 Å². The van der Waals surface area contributed by atoms with Crippen molar-refractivity contribution in [2.75, 3.05) is 11.1 Å². The number of hydrogen-bond donors (Lipinski definition) is 3. The molecule has 0 aliphatic heterocycles. The maximum atomic E-state index is 11.7. The summed E-state index contributed by atoms with van der Waals surface area (Å²) in [4.78, 5) is 22.7. The lowest BCUT2D eigenvalue weighted by Crippen LogP contribution is -2.14. The lowest BCUT2D eigenvalue weighted by atomic mass is 10.1. The largest absolute Gasteiger partial charge is 0.366 e. The molecule has 1 aromatic carbocycles. The van der Waals surface area contributed by atoms with E-state index in [1.54, 1.807) is 24.3 Å². The Morgan fingerprint density at radius 3 is 2.58 bits per heavy atom. The van der Waals surface area contributed by atoms with E-state index in [1.165, 1.54) is 0 Å². The predicted octanol–water partition coefficient (Wildman–Crippen LogP) is 2.60. The first-order valence-corrected chi connectivity index (χ1v) is 7.07. The highest BCUT2D eigenvalue weighted by molar-refractivity contribution is 7.80. The zero-order chi connectivity index (χ0) is 14.1. The lowest BCUT2D eigenvalue weighted by Gasteiger charge is -2.06. The van der Waals surface area contributed by atoms with Crippen LogP contribution < -0.4 is 11.1 Å². The number of hydrogen-bond acceptors (Lipinski definition) is 3. The first-order valence-electron chi connectivity index (χ1n) is 6.44. The van der Waals surface area contributed by atoms with E-state index in [9.17, 15) is 9.59 Å². The van der Waals surface area contributed by atoms with E-state index >= 15 is 0 Å². The van der Waals surface area contributed by atoms with E-state index < -0.39 is 5.91 Å². The van der Waals surface area contributed by atoms with Crippen LogP contribution in [0.15, 0.2) is 24.3 Å². The van der Waals surface area contributed by atoms with Gasteiger partial charge in [-0.1, -0.05) is 18.9 Å². The van der Waals surface area contributed by atoms with Crippen LogP contribution in [-0.2, 0) is 4.79 Å². The van der Waals surface area contributed by atoms with Crippen molar-refractivity contribution in [1.82, 2.24) is 0 Å². The van der Waals surface area contributed by atoms with Crippen molar-refractivity contribution in [1.29, 1.82) is 0 Å². The van der Waals surface area contributed by atoms with Gasteiger partial charge >= 0.3 is 0 Å². The third kappa shape index (κ3) is 6.29. The zero-order valence-electron chi connectivity index (χ0n) is 10.9. The number of anilines is 1. The molecule has 19 heavy (non-hydrogen) atoms. The molecule has 0 aliphatic rings. The molecule has 0 fully saturated rings. The highest BCUT2D eigenvalue weighted by Crippen LogP contribution is 2.11. The molecule has 2 amide bonds. The van der Waals surface area contributed by atoms with Gasteiger partial charge in [-0.25, -0.2) is 0 Å². The lowest BCUT2D eigenvalue weighted by molar-refractivity contribution is -0.116.